The van der Waals surface area contributed by atoms with Crippen molar-refractivity contribution in [1.29, 1.82) is 0 Å². The number of ether oxygens (including phenoxy) is 1. The van der Waals surface area contributed by atoms with E-state index < -0.39 is 5.60 Å². The summed E-state index contributed by atoms with van der Waals surface area (Å²) in [5.41, 5.74) is 2.63. The molecule has 0 radical (unpaired) electrons. The number of carbonyl (C=O) groups excluding carboxylic acids is 1. The molecule has 0 aliphatic carbocycles. The van der Waals surface area contributed by atoms with Gasteiger partial charge in [0.2, 0.25) is 0 Å². The van der Waals surface area contributed by atoms with Crippen LogP contribution in [0.2, 0.25) is 10.0 Å². The molecule has 0 N–H and O–H groups in total. The van der Waals surface area contributed by atoms with E-state index in [1.54, 1.807) is 11.0 Å². The lowest BCUT2D eigenvalue weighted by atomic mass is 10.1. The van der Waals surface area contributed by atoms with E-state index in [2.05, 4.69) is 35.1 Å². The van der Waals surface area contributed by atoms with Crippen molar-refractivity contribution >= 4 is 45.9 Å². The number of amides is 1. The lowest BCUT2D eigenvalue weighted by Crippen LogP contribution is -2.50. The van der Waals surface area contributed by atoms with Crippen LogP contribution in [0.3, 0.4) is 0 Å². The van der Waals surface area contributed by atoms with Crippen LogP contribution in [-0.2, 0) is 4.74 Å². The van der Waals surface area contributed by atoms with E-state index in [9.17, 15) is 4.79 Å². The topological polar surface area (TPSA) is 50.6 Å². The molecule has 170 valence electrons. The third kappa shape index (κ3) is 4.81. The standard InChI is InChI=1S/C24H28Cl2N4O2/c1-16(20-8-6-18(25)13-21(20)26)30-22-14-19(7-5-17(22)15-27-30)28-9-11-29(12-10-28)23(31)32-24(2,3)4/h5-8,13-16H,9-12H2,1-4H3. The first kappa shape index (κ1) is 22.7. The van der Waals surface area contributed by atoms with Gasteiger partial charge in [0.05, 0.1) is 17.8 Å². The van der Waals surface area contributed by atoms with Crippen LogP contribution >= 0.6 is 23.2 Å². The Kier molecular flexibility index (Phi) is 6.28. The smallest absolute Gasteiger partial charge is 0.410 e. The highest BCUT2D eigenvalue weighted by Gasteiger charge is 2.26. The van der Waals surface area contributed by atoms with Crippen LogP contribution in [0.4, 0.5) is 10.5 Å². The van der Waals surface area contributed by atoms with Gasteiger partial charge in [0.15, 0.2) is 0 Å². The summed E-state index contributed by atoms with van der Waals surface area (Å²) < 4.78 is 7.50. The molecule has 1 fully saturated rings. The van der Waals surface area contributed by atoms with E-state index in [0.29, 0.717) is 23.1 Å². The van der Waals surface area contributed by atoms with Crippen molar-refractivity contribution in [3.63, 3.8) is 0 Å². The van der Waals surface area contributed by atoms with Crippen molar-refractivity contribution in [1.82, 2.24) is 14.7 Å². The van der Waals surface area contributed by atoms with Crippen LogP contribution < -0.4 is 4.90 Å². The number of carbonyl (C=O) groups is 1. The van der Waals surface area contributed by atoms with Gasteiger partial charge in [-0.2, -0.15) is 5.10 Å². The van der Waals surface area contributed by atoms with Crippen molar-refractivity contribution in [2.24, 2.45) is 0 Å². The van der Waals surface area contributed by atoms with Crippen LogP contribution in [0.25, 0.3) is 10.9 Å². The van der Waals surface area contributed by atoms with Crippen molar-refractivity contribution in [3.8, 4) is 0 Å². The van der Waals surface area contributed by atoms with Crippen LogP contribution in [0.5, 0.6) is 0 Å². The Hall–Kier alpha value is -2.44. The summed E-state index contributed by atoms with van der Waals surface area (Å²) in [7, 11) is 0. The van der Waals surface area contributed by atoms with E-state index in [0.717, 1.165) is 35.2 Å². The molecule has 2 aromatic carbocycles. The summed E-state index contributed by atoms with van der Waals surface area (Å²) in [6.45, 7) is 10.5. The van der Waals surface area contributed by atoms with Gasteiger partial charge in [0, 0.05) is 47.3 Å². The first-order valence-corrected chi connectivity index (χ1v) is 11.5. The molecule has 8 heteroatoms. The summed E-state index contributed by atoms with van der Waals surface area (Å²) in [6, 6.07) is 11.9. The van der Waals surface area contributed by atoms with E-state index in [-0.39, 0.29) is 12.1 Å². The fraction of sp³-hybridized carbons (Fsp3) is 0.417. The van der Waals surface area contributed by atoms with Gasteiger partial charge in [0.1, 0.15) is 5.60 Å². The SMILES string of the molecule is CC(c1ccc(Cl)cc1Cl)n1ncc2ccc(N3CCN(C(=O)OC(C)(C)C)CC3)cc21. The summed E-state index contributed by atoms with van der Waals surface area (Å²) >= 11 is 12.5. The van der Waals surface area contributed by atoms with Gasteiger partial charge in [0.25, 0.3) is 0 Å². The maximum atomic E-state index is 12.4. The lowest BCUT2D eigenvalue weighted by Gasteiger charge is -2.36. The maximum Gasteiger partial charge on any atom is 0.410 e. The highest BCUT2D eigenvalue weighted by atomic mass is 35.5. The average Bonchev–Trinajstić information content (AvgIpc) is 3.15. The number of piperazine rings is 1. The van der Waals surface area contributed by atoms with Crippen LogP contribution in [0.1, 0.15) is 39.3 Å². The molecule has 32 heavy (non-hydrogen) atoms. The first-order valence-electron chi connectivity index (χ1n) is 10.8. The second-order valence-electron chi connectivity index (χ2n) is 9.13. The van der Waals surface area contributed by atoms with Crippen molar-refractivity contribution in [2.75, 3.05) is 31.1 Å². The third-order valence-electron chi connectivity index (χ3n) is 5.66. The van der Waals surface area contributed by atoms with Gasteiger partial charge in [-0.1, -0.05) is 29.3 Å². The largest absolute Gasteiger partial charge is 0.444 e. The fourth-order valence-corrected chi connectivity index (χ4v) is 4.54. The van der Waals surface area contributed by atoms with Crippen molar-refractivity contribution in [3.05, 3.63) is 58.2 Å². The van der Waals surface area contributed by atoms with Gasteiger partial charge < -0.3 is 14.5 Å². The van der Waals surface area contributed by atoms with Crippen molar-refractivity contribution < 1.29 is 9.53 Å². The zero-order valence-electron chi connectivity index (χ0n) is 18.8. The minimum Gasteiger partial charge on any atom is -0.444 e. The molecular formula is C24H28Cl2N4O2. The van der Waals surface area contributed by atoms with E-state index in [4.69, 9.17) is 27.9 Å². The Labute approximate surface area is 198 Å². The molecule has 1 atom stereocenters. The summed E-state index contributed by atoms with van der Waals surface area (Å²) in [6.07, 6.45) is 1.62. The molecule has 1 saturated heterocycles. The molecule has 1 amide bonds. The first-order chi connectivity index (χ1) is 15.1. The molecule has 1 aromatic heterocycles. The fourth-order valence-electron chi connectivity index (χ4n) is 3.98. The minimum absolute atomic E-state index is 0.0449. The number of anilines is 1. The van der Waals surface area contributed by atoms with Crippen LogP contribution in [0, 0.1) is 0 Å². The Morgan fingerprint density at radius 1 is 1.06 bits per heavy atom. The van der Waals surface area contributed by atoms with Gasteiger partial charge in [-0.15, -0.1) is 0 Å². The molecule has 2 heterocycles. The zero-order chi connectivity index (χ0) is 23.0. The maximum absolute atomic E-state index is 12.4. The van der Waals surface area contributed by atoms with E-state index >= 15 is 0 Å². The quantitative estimate of drug-likeness (QED) is 0.466. The molecule has 4 rings (SSSR count). The van der Waals surface area contributed by atoms with Crippen LogP contribution in [-0.4, -0.2) is 52.6 Å². The number of benzene rings is 2. The van der Waals surface area contributed by atoms with Gasteiger partial charge >= 0.3 is 6.09 Å². The Morgan fingerprint density at radius 3 is 2.44 bits per heavy atom. The van der Waals surface area contributed by atoms with Crippen molar-refractivity contribution in [2.45, 2.75) is 39.3 Å². The van der Waals surface area contributed by atoms with E-state index in [1.165, 1.54) is 0 Å². The molecule has 0 spiro atoms. The van der Waals surface area contributed by atoms with Gasteiger partial charge in [-0.05, 0) is 63.6 Å². The predicted molar refractivity (Wildman–Crippen MR) is 130 cm³/mol. The summed E-state index contributed by atoms with van der Waals surface area (Å²) in [5.74, 6) is 0. The van der Waals surface area contributed by atoms with Gasteiger partial charge in [-0.25, -0.2) is 4.79 Å². The number of fused-ring (bicyclic) bond motifs is 1. The molecule has 6 nitrogen and oxygen atoms in total. The zero-order valence-corrected chi connectivity index (χ0v) is 20.3. The molecule has 1 unspecified atom stereocenters. The normalized spacial score (nSPS) is 15.8. The molecule has 1 aliphatic heterocycles. The monoisotopic (exact) mass is 474 g/mol. The van der Waals surface area contributed by atoms with E-state index in [1.807, 2.05) is 43.8 Å². The molecule has 1 aliphatic rings. The Morgan fingerprint density at radius 2 is 1.78 bits per heavy atom. The molecule has 0 bridgehead atoms. The summed E-state index contributed by atoms with van der Waals surface area (Å²) in [5, 5.41) is 6.94. The number of nitrogens with zero attached hydrogens (tertiary/aromatic N) is 4. The molecule has 0 saturated carbocycles. The van der Waals surface area contributed by atoms with Crippen LogP contribution in [0.15, 0.2) is 42.6 Å². The summed E-state index contributed by atoms with van der Waals surface area (Å²) in [4.78, 5) is 16.4. The van der Waals surface area contributed by atoms with Gasteiger partial charge in [-0.3, -0.25) is 4.68 Å². The lowest BCUT2D eigenvalue weighted by molar-refractivity contribution is 0.0240. The highest BCUT2D eigenvalue weighted by molar-refractivity contribution is 6.35. The minimum atomic E-state index is -0.485. The Balaban J connectivity index is 1.53. The predicted octanol–water partition coefficient (Wildman–Crippen LogP) is 6.01. The third-order valence-corrected chi connectivity index (χ3v) is 6.22. The number of aromatic nitrogens is 2. The average molecular weight is 475 g/mol. The molecule has 3 aromatic rings. The number of rotatable bonds is 3. The number of hydrogen-bond acceptors (Lipinski definition) is 4. The Bertz CT molecular complexity index is 1130. The second kappa shape index (κ2) is 8.83. The number of halogens is 2. The molecular weight excluding hydrogens is 447 g/mol. The number of hydrogen-bond donors (Lipinski definition) is 0. The highest BCUT2D eigenvalue weighted by Crippen LogP contribution is 2.32. The second-order valence-corrected chi connectivity index (χ2v) is 9.97.